The van der Waals surface area contributed by atoms with E-state index < -0.39 is 35.5 Å². The number of benzene rings is 2. The number of hydrogen-bond donors (Lipinski definition) is 2. The molecule has 4 aromatic rings. The lowest BCUT2D eigenvalue weighted by atomic mass is 9.94. The summed E-state index contributed by atoms with van der Waals surface area (Å²) in [5, 5.41) is 22.8. The van der Waals surface area contributed by atoms with Crippen LogP contribution in [-0.4, -0.2) is 86.8 Å². The number of phenols is 1. The second-order valence-corrected chi connectivity index (χ2v) is 12.7. The van der Waals surface area contributed by atoms with Gasteiger partial charge in [0.15, 0.2) is 5.82 Å². The van der Waals surface area contributed by atoms with Crippen molar-refractivity contribution in [2.24, 2.45) is 0 Å². The van der Waals surface area contributed by atoms with E-state index in [1.165, 1.54) is 18.2 Å². The number of rotatable bonds is 5. The maximum Gasteiger partial charge on any atom is 0.319 e. The first kappa shape index (κ1) is 28.6. The van der Waals surface area contributed by atoms with E-state index in [-0.39, 0.29) is 53.0 Å². The minimum atomic E-state index is -0.938. The van der Waals surface area contributed by atoms with Gasteiger partial charge in [-0.15, -0.1) is 0 Å². The molecule has 2 unspecified atom stereocenters. The number of nitrogens with zero attached hydrogens (tertiary/aromatic N) is 5. The number of aliphatic hydroxyl groups is 1. The molecule has 4 atom stereocenters. The molecule has 8 rings (SSSR count). The van der Waals surface area contributed by atoms with Crippen molar-refractivity contribution >= 4 is 27.5 Å². The molecule has 0 amide bonds. The van der Waals surface area contributed by atoms with Gasteiger partial charge in [-0.2, -0.15) is 9.97 Å². The molecule has 0 spiro atoms. The number of halogens is 3. The van der Waals surface area contributed by atoms with Crippen LogP contribution in [0, 0.1) is 11.6 Å². The first-order valence-electron chi connectivity index (χ1n) is 15.7. The normalized spacial score (nSPS) is 26.2. The number of ether oxygens (including phenoxy) is 2. The lowest BCUT2D eigenvalue weighted by molar-refractivity contribution is 0.0875. The molecule has 3 fully saturated rings. The molecule has 6 heterocycles. The molecule has 2 aromatic heterocycles. The number of aliphatic hydroxyl groups excluding tert-OH is 1. The highest BCUT2D eigenvalue weighted by atomic mass is 19.1. The van der Waals surface area contributed by atoms with Crippen LogP contribution in [0.4, 0.5) is 19.0 Å². The highest BCUT2D eigenvalue weighted by molar-refractivity contribution is 6.03. The van der Waals surface area contributed by atoms with E-state index in [2.05, 4.69) is 14.9 Å². The molecule has 4 aliphatic rings. The van der Waals surface area contributed by atoms with Gasteiger partial charge >= 0.3 is 6.01 Å². The van der Waals surface area contributed by atoms with Crippen LogP contribution in [0.3, 0.4) is 0 Å². The van der Waals surface area contributed by atoms with E-state index in [0.29, 0.717) is 60.9 Å². The zero-order valence-electron chi connectivity index (χ0n) is 24.9. The number of aryl methyl sites for hydroxylation is 1. The first-order chi connectivity index (χ1) is 21.8. The SMILES string of the molecule is CCc1c(F)ccc2cc(O)cc(-c3nc4c5c(nc(OC[C@@]67CCCN6C[C@H](F)C7)nc5c3F)N3CCCC(O)C3CO4)c12. The third-order valence-electron chi connectivity index (χ3n) is 10.1. The molecule has 2 N–H and O–H groups in total. The molecule has 9 nitrogen and oxygen atoms in total. The fourth-order valence-electron chi connectivity index (χ4n) is 8.00. The largest absolute Gasteiger partial charge is 0.508 e. The van der Waals surface area contributed by atoms with Crippen molar-refractivity contribution < 1.29 is 32.9 Å². The number of aromatic hydroxyl groups is 1. The number of fused-ring (bicyclic) bond motifs is 4. The number of phenolic OH excluding ortho intramolecular Hbond substituents is 1. The Morgan fingerprint density at radius 1 is 1.11 bits per heavy atom. The predicted octanol–water partition coefficient (Wildman–Crippen LogP) is 5.07. The minimum absolute atomic E-state index is 0.0650. The van der Waals surface area contributed by atoms with Gasteiger partial charge in [0.1, 0.15) is 53.4 Å². The molecular formula is C33H34F3N5O4. The number of alkyl halides is 1. The second-order valence-electron chi connectivity index (χ2n) is 12.7. The first-order valence-corrected chi connectivity index (χ1v) is 15.7. The van der Waals surface area contributed by atoms with Crippen molar-refractivity contribution in [3.63, 3.8) is 0 Å². The van der Waals surface area contributed by atoms with Crippen LogP contribution in [0.15, 0.2) is 24.3 Å². The zero-order chi connectivity index (χ0) is 31.0. The summed E-state index contributed by atoms with van der Waals surface area (Å²) in [6.07, 6.45) is 2.04. The number of hydrogen-bond acceptors (Lipinski definition) is 9. The Kier molecular flexibility index (Phi) is 6.72. The Balaban J connectivity index is 1.33. The monoisotopic (exact) mass is 621 g/mol. The van der Waals surface area contributed by atoms with Crippen molar-refractivity contribution in [3.05, 3.63) is 41.5 Å². The van der Waals surface area contributed by atoms with E-state index in [1.807, 2.05) is 4.90 Å². The molecule has 0 aliphatic carbocycles. The summed E-state index contributed by atoms with van der Waals surface area (Å²) in [6.45, 7) is 3.75. The van der Waals surface area contributed by atoms with Gasteiger partial charge < -0.3 is 24.6 Å². The van der Waals surface area contributed by atoms with Crippen LogP contribution in [0.5, 0.6) is 17.6 Å². The van der Waals surface area contributed by atoms with Crippen molar-refractivity contribution in [2.75, 3.05) is 37.7 Å². The standard InChI is InChI=1S/C33H34F3N5O4/c1-2-20-22(35)7-6-17-11-19(42)12-21(25(17)20)28-27(36)29-26-30(41-10-3-5-24(43)23(41)15-44-31(26)37-28)39-32(38-29)45-16-33-8-4-9-40(33)14-18(34)13-33/h6-7,11-12,18,23-24,42-43H,2-5,8-10,13-16H2,1H3/t18-,23?,24?,33+/m1/s1. The van der Waals surface area contributed by atoms with Crippen molar-refractivity contribution in [1.82, 2.24) is 19.9 Å². The molecule has 0 bridgehead atoms. The van der Waals surface area contributed by atoms with Gasteiger partial charge in [-0.3, -0.25) is 4.90 Å². The fourth-order valence-corrected chi connectivity index (χ4v) is 8.00. The van der Waals surface area contributed by atoms with E-state index in [0.717, 1.165) is 19.4 Å². The predicted molar refractivity (Wildman–Crippen MR) is 162 cm³/mol. The third-order valence-corrected chi connectivity index (χ3v) is 10.1. The molecule has 2 aromatic carbocycles. The van der Waals surface area contributed by atoms with Gasteiger partial charge in [-0.25, -0.2) is 18.2 Å². The van der Waals surface area contributed by atoms with E-state index in [4.69, 9.17) is 14.5 Å². The average Bonchev–Trinajstić information content (AvgIpc) is 3.49. The van der Waals surface area contributed by atoms with Gasteiger partial charge in [0.2, 0.25) is 5.88 Å². The molecule has 0 radical (unpaired) electrons. The van der Waals surface area contributed by atoms with Crippen LogP contribution in [0.25, 0.3) is 32.9 Å². The second kappa shape index (κ2) is 10.6. The summed E-state index contributed by atoms with van der Waals surface area (Å²) in [5.74, 6) is -0.949. The molecular weight excluding hydrogens is 587 g/mol. The molecule has 0 saturated carbocycles. The summed E-state index contributed by atoms with van der Waals surface area (Å²) < 4.78 is 58.8. The molecule has 3 saturated heterocycles. The Hall–Kier alpha value is -3.90. The molecule has 45 heavy (non-hydrogen) atoms. The number of pyridine rings is 1. The van der Waals surface area contributed by atoms with Crippen LogP contribution in [0.2, 0.25) is 0 Å². The van der Waals surface area contributed by atoms with Gasteiger partial charge in [-0.05, 0) is 73.2 Å². The number of piperidine rings is 1. The summed E-state index contributed by atoms with van der Waals surface area (Å²) in [4.78, 5) is 17.9. The lowest BCUT2D eigenvalue weighted by Crippen LogP contribution is -2.51. The van der Waals surface area contributed by atoms with E-state index in [9.17, 15) is 14.6 Å². The van der Waals surface area contributed by atoms with Gasteiger partial charge in [0.25, 0.3) is 0 Å². The van der Waals surface area contributed by atoms with E-state index >= 15 is 8.78 Å². The van der Waals surface area contributed by atoms with Crippen LogP contribution in [-0.2, 0) is 6.42 Å². The van der Waals surface area contributed by atoms with Crippen LogP contribution >= 0.6 is 0 Å². The maximum absolute atomic E-state index is 16.9. The quantitative estimate of drug-likeness (QED) is 0.316. The molecule has 12 heteroatoms. The number of anilines is 1. The Morgan fingerprint density at radius 2 is 1.98 bits per heavy atom. The lowest BCUT2D eigenvalue weighted by Gasteiger charge is -2.38. The minimum Gasteiger partial charge on any atom is -0.508 e. The van der Waals surface area contributed by atoms with Gasteiger partial charge in [0, 0.05) is 25.1 Å². The Bertz CT molecular complexity index is 1840. The van der Waals surface area contributed by atoms with E-state index in [1.54, 1.807) is 13.0 Å². The zero-order valence-corrected chi connectivity index (χ0v) is 24.9. The van der Waals surface area contributed by atoms with Crippen molar-refractivity contribution in [1.29, 1.82) is 0 Å². The van der Waals surface area contributed by atoms with Gasteiger partial charge in [0.05, 0.1) is 17.7 Å². The highest BCUT2D eigenvalue weighted by Crippen LogP contribution is 2.45. The van der Waals surface area contributed by atoms with Crippen molar-refractivity contribution in [3.8, 4) is 28.9 Å². The highest BCUT2D eigenvalue weighted by Gasteiger charge is 2.49. The summed E-state index contributed by atoms with van der Waals surface area (Å²) in [6, 6.07) is 5.22. The maximum atomic E-state index is 16.9. The Morgan fingerprint density at radius 3 is 2.82 bits per heavy atom. The molecule has 236 valence electrons. The smallest absolute Gasteiger partial charge is 0.319 e. The van der Waals surface area contributed by atoms with Gasteiger partial charge in [-0.1, -0.05) is 13.0 Å². The summed E-state index contributed by atoms with van der Waals surface area (Å²) in [5.41, 5.74) is -0.159. The summed E-state index contributed by atoms with van der Waals surface area (Å²) >= 11 is 0. The third kappa shape index (κ3) is 4.47. The van der Waals surface area contributed by atoms with Crippen LogP contribution in [0.1, 0.15) is 44.6 Å². The topological polar surface area (TPSA) is 104 Å². The average molecular weight is 622 g/mol. The molecule has 4 aliphatic heterocycles. The number of aromatic nitrogens is 3. The van der Waals surface area contributed by atoms with Crippen LogP contribution < -0.4 is 14.4 Å². The Labute approximate surface area is 257 Å². The summed E-state index contributed by atoms with van der Waals surface area (Å²) in [7, 11) is 0. The van der Waals surface area contributed by atoms with Crippen molar-refractivity contribution in [2.45, 2.75) is 69.3 Å². The fraction of sp³-hybridized carbons (Fsp3) is 0.485.